The Labute approximate surface area is 178 Å². The lowest BCUT2D eigenvalue weighted by Crippen LogP contribution is -2.37. The number of phenolic OH excluding ortho intramolecular Hbond substituents is 2. The van der Waals surface area contributed by atoms with E-state index >= 15 is 0 Å². The summed E-state index contributed by atoms with van der Waals surface area (Å²) in [4.78, 5) is 8.33. The average Bonchev–Trinajstić information content (AvgIpc) is 2.48. The highest BCUT2D eigenvalue weighted by Crippen LogP contribution is 2.43. The van der Waals surface area contributed by atoms with Crippen molar-refractivity contribution in [2.75, 3.05) is 0 Å². The molecule has 0 radical (unpaired) electrons. The van der Waals surface area contributed by atoms with E-state index in [0.29, 0.717) is 17.9 Å². The molecule has 0 aromatic heterocycles. The lowest BCUT2D eigenvalue weighted by molar-refractivity contribution is -0.415. The number of hydrogen-bond donors (Lipinski definition) is 2. The molecule has 0 atom stereocenters. The second-order valence-electron chi connectivity index (χ2n) is 5.45. The molecule has 2 aromatic carbocycles. The molecule has 136 valence electrons. The zero-order valence-corrected chi connectivity index (χ0v) is 19.3. The van der Waals surface area contributed by atoms with E-state index < -0.39 is 6.16 Å². The fourth-order valence-corrected chi connectivity index (χ4v) is 4.39. The SMILES string of the molecule is CC(C)(c1cc(Br)c(O)c(Br)c1)c1cc(Br)c(O)c(Br)c1.O=C([O-])[O-]. The average molecular weight is 604 g/mol. The minimum absolute atomic E-state index is 0.183. The number of phenols is 2. The summed E-state index contributed by atoms with van der Waals surface area (Å²) in [5.41, 5.74) is 1.75. The summed E-state index contributed by atoms with van der Waals surface area (Å²) in [5.74, 6) is 0.366. The summed E-state index contributed by atoms with van der Waals surface area (Å²) in [6, 6.07) is 7.59. The van der Waals surface area contributed by atoms with Gasteiger partial charge < -0.3 is 25.2 Å². The summed E-state index contributed by atoms with van der Waals surface area (Å²) < 4.78 is 2.54. The highest BCUT2D eigenvalue weighted by molar-refractivity contribution is 9.11. The van der Waals surface area contributed by atoms with Crippen LogP contribution < -0.4 is 10.2 Å². The quantitative estimate of drug-likeness (QED) is 0.540. The Kier molecular flexibility index (Phi) is 7.79. The van der Waals surface area contributed by atoms with Gasteiger partial charge in [-0.25, -0.2) is 0 Å². The van der Waals surface area contributed by atoms with Crippen LogP contribution in [0.1, 0.15) is 25.0 Å². The normalized spacial score (nSPS) is 10.8. The van der Waals surface area contributed by atoms with Gasteiger partial charge in [0.05, 0.1) is 17.9 Å². The number of benzene rings is 2. The Hall–Kier alpha value is -0.770. The molecule has 2 rings (SSSR count). The van der Waals surface area contributed by atoms with Crippen LogP contribution in [0.3, 0.4) is 0 Å². The number of hydrogen-bond acceptors (Lipinski definition) is 5. The van der Waals surface area contributed by atoms with Gasteiger partial charge in [0, 0.05) is 5.41 Å². The van der Waals surface area contributed by atoms with Crippen molar-refractivity contribution in [3.63, 3.8) is 0 Å². The van der Waals surface area contributed by atoms with E-state index in [-0.39, 0.29) is 16.9 Å². The van der Waals surface area contributed by atoms with Gasteiger partial charge in [0.25, 0.3) is 0 Å². The van der Waals surface area contributed by atoms with Crippen molar-refractivity contribution in [2.24, 2.45) is 0 Å². The van der Waals surface area contributed by atoms with Crippen molar-refractivity contribution >= 4 is 69.9 Å². The van der Waals surface area contributed by atoms with Crippen LogP contribution >= 0.6 is 63.7 Å². The van der Waals surface area contributed by atoms with Crippen LogP contribution in [-0.2, 0) is 5.41 Å². The molecule has 2 N–H and O–H groups in total. The third-order valence-electron chi connectivity index (χ3n) is 3.48. The second-order valence-corrected chi connectivity index (χ2v) is 8.87. The Balaban J connectivity index is 0.000000705. The van der Waals surface area contributed by atoms with E-state index in [4.69, 9.17) is 15.0 Å². The van der Waals surface area contributed by atoms with Crippen molar-refractivity contribution in [3.8, 4) is 11.5 Å². The van der Waals surface area contributed by atoms with Crippen LogP contribution in [-0.4, -0.2) is 16.4 Å². The number of rotatable bonds is 2. The summed E-state index contributed by atoms with van der Waals surface area (Å²) in [7, 11) is 0. The van der Waals surface area contributed by atoms with Crippen molar-refractivity contribution in [3.05, 3.63) is 53.3 Å². The molecule has 0 bridgehead atoms. The molecule has 0 aliphatic carbocycles. The minimum atomic E-state index is -2.33. The molecule has 0 amide bonds. The van der Waals surface area contributed by atoms with Crippen LogP contribution in [0, 0.1) is 0 Å². The standard InChI is InChI=1S/C15H12Br4O2.CH2O3/c1-15(2,7-3-9(16)13(20)10(17)4-7)8-5-11(18)14(21)12(19)6-8;2-1(3)4/h3-6,20-21H,1-2H3;(H2,2,3,4)/p-2. The molecule has 0 aliphatic rings. The van der Waals surface area contributed by atoms with Crippen LogP contribution in [0.2, 0.25) is 0 Å². The summed E-state index contributed by atoms with van der Waals surface area (Å²) in [6.07, 6.45) is -2.33. The zero-order valence-electron chi connectivity index (χ0n) is 12.9. The molecule has 0 saturated heterocycles. The largest absolute Gasteiger partial charge is 0.652 e. The maximum atomic E-state index is 9.85. The maximum absolute atomic E-state index is 9.85. The molecule has 0 saturated carbocycles. The van der Waals surface area contributed by atoms with Gasteiger partial charge in [-0.1, -0.05) is 13.8 Å². The Morgan fingerprint density at radius 1 is 0.800 bits per heavy atom. The minimum Gasteiger partial charge on any atom is -0.652 e. The molecule has 5 nitrogen and oxygen atoms in total. The van der Waals surface area contributed by atoms with Gasteiger partial charge in [0.15, 0.2) is 0 Å². The predicted molar refractivity (Wildman–Crippen MR) is 105 cm³/mol. The second kappa shape index (κ2) is 8.75. The molecule has 0 fully saturated rings. The third kappa shape index (κ3) is 5.60. The molecule has 9 heteroatoms. The van der Waals surface area contributed by atoms with Gasteiger partial charge in [0.2, 0.25) is 0 Å². The molecule has 0 heterocycles. The molecular weight excluding hydrogens is 592 g/mol. The molecule has 0 aliphatic heterocycles. The van der Waals surface area contributed by atoms with Crippen molar-refractivity contribution < 1.29 is 25.2 Å². The Morgan fingerprint density at radius 3 is 1.20 bits per heavy atom. The first-order valence-electron chi connectivity index (χ1n) is 6.62. The van der Waals surface area contributed by atoms with Crippen LogP contribution in [0.4, 0.5) is 4.79 Å². The van der Waals surface area contributed by atoms with Crippen LogP contribution in [0.5, 0.6) is 11.5 Å². The summed E-state index contributed by atoms with van der Waals surface area (Å²) >= 11 is 13.5. The van der Waals surface area contributed by atoms with Crippen molar-refractivity contribution in [1.29, 1.82) is 0 Å². The molecule has 0 unspecified atom stereocenters. The predicted octanol–water partition coefficient (Wildman–Crippen LogP) is 4.03. The molecule has 25 heavy (non-hydrogen) atoms. The zero-order chi connectivity index (χ0) is 19.5. The molecule has 2 aromatic rings. The van der Waals surface area contributed by atoms with E-state index in [9.17, 15) is 10.2 Å². The summed E-state index contributed by atoms with van der Waals surface area (Å²) in [5, 5.41) is 36.4. The highest BCUT2D eigenvalue weighted by Gasteiger charge is 2.26. The topological polar surface area (TPSA) is 104 Å². The number of carbonyl (C=O) groups is 1. The Bertz CT molecular complexity index is 696. The van der Waals surface area contributed by atoms with Gasteiger partial charge in [-0.3, -0.25) is 0 Å². The maximum Gasteiger partial charge on any atom is 0.143 e. The fraction of sp³-hybridized carbons (Fsp3) is 0.188. The van der Waals surface area contributed by atoms with E-state index in [1.807, 2.05) is 24.3 Å². The van der Waals surface area contributed by atoms with E-state index in [1.165, 1.54) is 0 Å². The number of aromatic hydroxyl groups is 2. The first-order valence-corrected chi connectivity index (χ1v) is 9.80. The summed E-state index contributed by atoms with van der Waals surface area (Å²) in [6.45, 7) is 4.17. The van der Waals surface area contributed by atoms with Crippen LogP contribution in [0.25, 0.3) is 0 Å². The van der Waals surface area contributed by atoms with E-state index in [0.717, 1.165) is 11.1 Å². The smallest absolute Gasteiger partial charge is 0.143 e. The first kappa shape index (κ1) is 22.3. The van der Waals surface area contributed by atoms with Crippen LogP contribution in [0.15, 0.2) is 42.2 Å². The lowest BCUT2D eigenvalue weighted by Gasteiger charge is -2.27. The van der Waals surface area contributed by atoms with Crippen molar-refractivity contribution in [2.45, 2.75) is 19.3 Å². The van der Waals surface area contributed by atoms with Gasteiger partial charge >= 0.3 is 0 Å². The van der Waals surface area contributed by atoms with Gasteiger partial charge in [-0.05, 0) is 105 Å². The Morgan fingerprint density at radius 2 is 1.00 bits per heavy atom. The van der Waals surface area contributed by atoms with E-state index in [2.05, 4.69) is 77.6 Å². The fourth-order valence-electron chi connectivity index (χ4n) is 2.02. The van der Waals surface area contributed by atoms with E-state index in [1.54, 1.807) is 0 Å². The van der Waals surface area contributed by atoms with Gasteiger partial charge in [0.1, 0.15) is 11.5 Å². The molecule has 0 spiro atoms. The van der Waals surface area contributed by atoms with Crippen molar-refractivity contribution in [1.82, 2.24) is 0 Å². The monoisotopic (exact) mass is 600 g/mol. The molecular formula is C16H12Br4O5-2. The lowest BCUT2D eigenvalue weighted by atomic mass is 9.78. The highest BCUT2D eigenvalue weighted by atomic mass is 79.9. The number of carbonyl (C=O) groups excluding carboxylic acids is 1. The third-order valence-corrected chi connectivity index (χ3v) is 5.90. The first-order chi connectivity index (χ1) is 11.4. The number of carboxylic acid groups (broad SMARTS) is 2. The van der Waals surface area contributed by atoms with Gasteiger partial charge in [-0.2, -0.15) is 0 Å². The van der Waals surface area contributed by atoms with Gasteiger partial charge in [-0.15, -0.1) is 0 Å². The number of halogens is 4.